The van der Waals surface area contributed by atoms with Gasteiger partial charge in [-0.1, -0.05) is 6.58 Å². The van der Waals surface area contributed by atoms with Crippen LogP contribution in [0.5, 0.6) is 11.5 Å². The highest BCUT2D eigenvalue weighted by atomic mass is 32.1. The van der Waals surface area contributed by atoms with Crippen molar-refractivity contribution in [3.63, 3.8) is 0 Å². The van der Waals surface area contributed by atoms with Crippen molar-refractivity contribution in [2.24, 2.45) is 0 Å². The molecule has 1 N–H and O–H groups in total. The number of thiophene rings is 1. The minimum Gasteiger partial charge on any atom is -0.457 e. The molecule has 3 aromatic heterocycles. The van der Waals surface area contributed by atoms with Crippen LogP contribution in [0.1, 0.15) is 38.2 Å². The second-order valence-electron chi connectivity index (χ2n) is 10.8. The highest BCUT2D eigenvalue weighted by Crippen LogP contribution is 2.40. The average Bonchev–Trinajstić information content (AvgIpc) is 3.43. The van der Waals surface area contributed by atoms with Gasteiger partial charge in [-0.2, -0.15) is 0 Å². The number of fused-ring (bicyclic) bond motifs is 1. The molecule has 9 nitrogen and oxygen atoms in total. The van der Waals surface area contributed by atoms with Crippen LogP contribution in [0.2, 0.25) is 0 Å². The summed E-state index contributed by atoms with van der Waals surface area (Å²) in [6.45, 7) is 10.5. The van der Waals surface area contributed by atoms with Gasteiger partial charge in [0.2, 0.25) is 5.91 Å². The number of nitrogens with one attached hydrogen (secondary N) is 1. The summed E-state index contributed by atoms with van der Waals surface area (Å²) >= 11 is 1.55. The Bertz CT molecular complexity index is 1590. The molecule has 6 rings (SSSR count). The van der Waals surface area contributed by atoms with E-state index >= 15 is 4.39 Å². The Hall–Kier alpha value is -4.09. The van der Waals surface area contributed by atoms with Gasteiger partial charge >= 0.3 is 0 Å². The van der Waals surface area contributed by atoms with Crippen LogP contribution in [0, 0.1) is 5.82 Å². The summed E-state index contributed by atoms with van der Waals surface area (Å²) in [4.78, 5) is 30.3. The van der Waals surface area contributed by atoms with Gasteiger partial charge in [0.25, 0.3) is 0 Å². The zero-order chi connectivity index (χ0) is 29.2. The van der Waals surface area contributed by atoms with Crippen molar-refractivity contribution < 1.29 is 18.7 Å². The zero-order valence-electron chi connectivity index (χ0n) is 23.6. The fraction of sp³-hybridized carbons (Fsp3) is 0.355. The van der Waals surface area contributed by atoms with Crippen molar-refractivity contribution in [2.75, 3.05) is 36.4 Å². The third-order valence-corrected chi connectivity index (χ3v) is 8.61. The van der Waals surface area contributed by atoms with E-state index in [1.165, 1.54) is 18.5 Å². The number of hydrogen-bond acceptors (Lipinski definition) is 9. The first-order valence-electron chi connectivity index (χ1n) is 14.1. The third kappa shape index (κ3) is 5.93. The minimum absolute atomic E-state index is 0.0389. The van der Waals surface area contributed by atoms with E-state index in [1.54, 1.807) is 35.7 Å². The number of carbonyl (C=O) groups is 1. The molecule has 1 aromatic carbocycles. The van der Waals surface area contributed by atoms with Crippen LogP contribution in [0.3, 0.4) is 0 Å². The van der Waals surface area contributed by atoms with E-state index in [0.29, 0.717) is 30.4 Å². The highest BCUT2D eigenvalue weighted by Gasteiger charge is 2.27. The number of ether oxygens (including phenoxy) is 2. The minimum atomic E-state index is -0.461. The van der Waals surface area contributed by atoms with Gasteiger partial charge in [-0.25, -0.2) is 19.3 Å². The number of anilines is 3. The van der Waals surface area contributed by atoms with E-state index < -0.39 is 5.82 Å². The number of hydrogen-bond donors (Lipinski definition) is 1. The van der Waals surface area contributed by atoms with Crippen LogP contribution in [-0.2, 0) is 9.53 Å². The first-order chi connectivity index (χ1) is 20.4. The van der Waals surface area contributed by atoms with Gasteiger partial charge in [0.15, 0.2) is 0 Å². The Balaban J connectivity index is 1.18. The van der Waals surface area contributed by atoms with Crippen molar-refractivity contribution >= 4 is 44.8 Å². The summed E-state index contributed by atoms with van der Waals surface area (Å²) in [7, 11) is 0. The Kier molecular flexibility index (Phi) is 8.03. The smallest absolute Gasteiger partial charge is 0.245 e. The molecule has 0 radical (unpaired) electrons. The van der Waals surface area contributed by atoms with Gasteiger partial charge in [-0.05, 0) is 67.8 Å². The lowest BCUT2D eigenvalue weighted by atomic mass is 9.89. The number of nitrogens with zero attached hydrogens (tertiary/aromatic N) is 5. The molecule has 1 amide bonds. The lowest BCUT2D eigenvalue weighted by Crippen LogP contribution is -2.45. The van der Waals surface area contributed by atoms with Crippen molar-refractivity contribution in [1.82, 2.24) is 19.9 Å². The fourth-order valence-corrected chi connectivity index (χ4v) is 6.75. The molecule has 0 aliphatic carbocycles. The number of piperidine rings is 1. The summed E-state index contributed by atoms with van der Waals surface area (Å²) in [6.07, 6.45) is 6.43. The zero-order valence-corrected chi connectivity index (χ0v) is 24.4. The van der Waals surface area contributed by atoms with Crippen LogP contribution < -0.4 is 15.0 Å². The molecular formula is C31H33FN6O3S. The first-order valence-corrected chi connectivity index (χ1v) is 15.0. The van der Waals surface area contributed by atoms with E-state index in [-0.39, 0.29) is 29.7 Å². The number of halogens is 1. The van der Waals surface area contributed by atoms with Gasteiger partial charge in [-0.15, -0.1) is 11.3 Å². The summed E-state index contributed by atoms with van der Waals surface area (Å²) in [5.41, 5.74) is 1.42. The lowest BCUT2D eigenvalue weighted by molar-refractivity contribution is -0.127. The quantitative estimate of drug-likeness (QED) is 0.253. The molecule has 0 bridgehead atoms. The molecule has 218 valence electrons. The molecule has 2 aliphatic rings. The maximum Gasteiger partial charge on any atom is 0.245 e. The predicted octanol–water partition coefficient (Wildman–Crippen LogP) is 6.27. The maximum absolute atomic E-state index is 15.4. The number of likely N-dealkylation sites (tertiary alicyclic amines) is 1. The highest BCUT2D eigenvalue weighted by molar-refractivity contribution is 7.17. The Morgan fingerprint density at radius 1 is 1.12 bits per heavy atom. The predicted molar refractivity (Wildman–Crippen MR) is 162 cm³/mol. The van der Waals surface area contributed by atoms with Crippen LogP contribution in [0.25, 0.3) is 10.2 Å². The molecule has 11 heteroatoms. The fourth-order valence-electron chi connectivity index (χ4n) is 5.76. The van der Waals surface area contributed by atoms with Gasteiger partial charge in [0, 0.05) is 44.5 Å². The van der Waals surface area contributed by atoms with Crippen molar-refractivity contribution in [3.05, 3.63) is 72.3 Å². The molecule has 2 saturated heterocycles. The molecule has 42 heavy (non-hydrogen) atoms. The van der Waals surface area contributed by atoms with Crippen LogP contribution in [-0.4, -0.2) is 64.1 Å². The van der Waals surface area contributed by atoms with E-state index in [0.717, 1.165) is 47.5 Å². The topological polar surface area (TPSA) is 92.7 Å². The van der Waals surface area contributed by atoms with Crippen LogP contribution >= 0.6 is 11.3 Å². The second kappa shape index (κ2) is 12.0. The SMILES string of the molecule is C=CC(=O)N1CCC(c2csc3ncnc(Nc4ccc(Oc5ccnc(N6C[C@@H](C)O[C@@H](C)C6)c5)cc4F)c23)CC1. The van der Waals surface area contributed by atoms with Crippen molar-refractivity contribution in [3.8, 4) is 11.5 Å². The lowest BCUT2D eigenvalue weighted by Gasteiger charge is -2.36. The largest absolute Gasteiger partial charge is 0.457 e. The van der Waals surface area contributed by atoms with Gasteiger partial charge < -0.3 is 24.6 Å². The van der Waals surface area contributed by atoms with E-state index in [1.807, 2.05) is 24.8 Å². The van der Waals surface area contributed by atoms with Gasteiger partial charge in [0.1, 0.15) is 40.1 Å². The monoisotopic (exact) mass is 588 g/mol. The summed E-state index contributed by atoms with van der Waals surface area (Å²) in [5.74, 6) is 2.07. The molecule has 0 saturated carbocycles. The number of carbonyl (C=O) groups excluding carboxylic acids is 1. The summed E-state index contributed by atoms with van der Waals surface area (Å²) < 4.78 is 27.2. The molecule has 2 aliphatic heterocycles. The summed E-state index contributed by atoms with van der Waals surface area (Å²) in [5, 5.41) is 6.19. The molecule has 2 atom stereocenters. The number of morpholine rings is 1. The Morgan fingerprint density at radius 3 is 2.62 bits per heavy atom. The molecule has 0 spiro atoms. The first kappa shape index (κ1) is 28.0. The van der Waals surface area contributed by atoms with Crippen molar-refractivity contribution in [2.45, 2.75) is 44.8 Å². The number of rotatable bonds is 7. The maximum atomic E-state index is 15.4. The Morgan fingerprint density at radius 2 is 1.88 bits per heavy atom. The number of benzene rings is 1. The molecule has 2 fully saturated rings. The Labute approximate surface area is 248 Å². The van der Waals surface area contributed by atoms with Crippen LogP contribution in [0.15, 0.2) is 60.9 Å². The second-order valence-corrected chi connectivity index (χ2v) is 11.6. The standard InChI is InChI=1S/C31H33FN6O3S/c1-4-28(39)37-11-8-21(9-12-37)24-17-42-31-29(24)30(34-18-35-31)36-26-6-5-22(13-25(26)32)41-23-7-10-33-27(14-23)38-15-19(2)40-20(3)16-38/h4-7,10,13-14,17-21H,1,8-9,11-12,15-16H2,2-3H3,(H,34,35,36)/t19-,20+. The molecule has 5 heterocycles. The molecular weight excluding hydrogens is 555 g/mol. The van der Waals surface area contributed by atoms with Gasteiger partial charge in [-0.3, -0.25) is 4.79 Å². The normalized spacial score (nSPS) is 19.6. The number of aromatic nitrogens is 3. The molecule has 0 unspecified atom stereocenters. The van der Waals surface area contributed by atoms with E-state index in [9.17, 15) is 4.79 Å². The molecule has 4 aromatic rings. The third-order valence-electron chi connectivity index (χ3n) is 7.71. The van der Waals surface area contributed by atoms with Gasteiger partial charge in [0.05, 0.1) is 23.3 Å². The van der Waals surface area contributed by atoms with E-state index in [4.69, 9.17) is 9.47 Å². The number of amides is 1. The van der Waals surface area contributed by atoms with Crippen molar-refractivity contribution in [1.29, 1.82) is 0 Å². The van der Waals surface area contributed by atoms with Crippen LogP contribution in [0.4, 0.5) is 21.7 Å². The van der Waals surface area contributed by atoms with E-state index in [2.05, 4.69) is 37.1 Å². The summed E-state index contributed by atoms with van der Waals surface area (Å²) in [6, 6.07) is 8.36. The average molecular weight is 589 g/mol. The number of pyridine rings is 1.